The number of nitrogens with one attached hydrogen (secondary N) is 1. The van der Waals surface area contributed by atoms with Crippen molar-refractivity contribution in [2.45, 2.75) is 27.7 Å². The van der Waals surface area contributed by atoms with Crippen molar-refractivity contribution in [2.75, 3.05) is 11.9 Å². The Morgan fingerprint density at radius 2 is 1.90 bits per heavy atom. The Morgan fingerprint density at radius 1 is 1.13 bits per heavy atom. The van der Waals surface area contributed by atoms with Crippen LogP contribution in [0.15, 0.2) is 60.2 Å². The van der Waals surface area contributed by atoms with E-state index in [4.69, 9.17) is 4.74 Å². The van der Waals surface area contributed by atoms with Crippen molar-refractivity contribution in [3.8, 4) is 17.5 Å². The van der Waals surface area contributed by atoms with Gasteiger partial charge >= 0.3 is 0 Å². The van der Waals surface area contributed by atoms with E-state index >= 15 is 0 Å². The van der Waals surface area contributed by atoms with Crippen molar-refractivity contribution in [2.24, 2.45) is 0 Å². The lowest BCUT2D eigenvalue weighted by molar-refractivity contribution is -0.112. The fourth-order valence-electron chi connectivity index (χ4n) is 3.43. The van der Waals surface area contributed by atoms with Crippen LogP contribution in [-0.4, -0.2) is 17.1 Å². The predicted molar refractivity (Wildman–Crippen MR) is 120 cm³/mol. The predicted octanol–water partition coefficient (Wildman–Crippen LogP) is 5.35. The average Bonchev–Trinajstić information content (AvgIpc) is 2.99. The van der Waals surface area contributed by atoms with Crippen molar-refractivity contribution in [3.63, 3.8) is 0 Å². The van der Waals surface area contributed by atoms with Gasteiger partial charge in [-0.1, -0.05) is 18.2 Å². The Balaban J connectivity index is 1.89. The van der Waals surface area contributed by atoms with Gasteiger partial charge in [-0.2, -0.15) is 5.26 Å². The summed E-state index contributed by atoms with van der Waals surface area (Å²) in [5.41, 5.74) is 5.69. The van der Waals surface area contributed by atoms with E-state index in [-0.39, 0.29) is 5.57 Å². The molecule has 3 aromatic rings. The molecule has 1 aromatic heterocycles. The van der Waals surface area contributed by atoms with Crippen LogP contribution in [-0.2, 0) is 4.79 Å². The van der Waals surface area contributed by atoms with E-state index in [2.05, 4.69) is 28.9 Å². The molecule has 30 heavy (non-hydrogen) atoms. The molecule has 0 unspecified atom stereocenters. The van der Waals surface area contributed by atoms with Gasteiger partial charge in [-0.15, -0.1) is 0 Å². The minimum atomic E-state index is -0.452. The Bertz CT molecular complexity index is 1150. The van der Waals surface area contributed by atoms with Gasteiger partial charge in [0.2, 0.25) is 0 Å². The van der Waals surface area contributed by atoms with Gasteiger partial charge in [0.1, 0.15) is 17.4 Å². The van der Waals surface area contributed by atoms with Crippen molar-refractivity contribution < 1.29 is 9.53 Å². The molecular formula is C25H25N3O2. The van der Waals surface area contributed by atoms with E-state index < -0.39 is 5.91 Å². The summed E-state index contributed by atoms with van der Waals surface area (Å²) in [6.45, 7) is 8.49. The van der Waals surface area contributed by atoms with Crippen LogP contribution in [0.5, 0.6) is 5.75 Å². The molecule has 0 bridgehead atoms. The number of amides is 1. The first-order valence-corrected chi connectivity index (χ1v) is 9.85. The number of nitrogens with zero attached hydrogens (tertiary/aromatic N) is 2. The summed E-state index contributed by atoms with van der Waals surface area (Å²) in [7, 11) is 0. The van der Waals surface area contributed by atoms with E-state index in [0.29, 0.717) is 18.0 Å². The van der Waals surface area contributed by atoms with E-state index in [1.165, 1.54) is 5.56 Å². The number of hydrogen-bond acceptors (Lipinski definition) is 3. The first-order valence-electron chi connectivity index (χ1n) is 9.85. The second-order valence-corrected chi connectivity index (χ2v) is 7.09. The number of nitriles is 1. The Morgan fingerprint density at radius 3 is 2.60 bits per heavy atom. The first kappa shape index (κ1) is 20.9. The smallest absolute Gasteiger partial charge is 0.266 e. The number of hydrogen-bond donors (Lipinski definition) is 1. The highest BCUT2D eigenvalue weighted by molar-refractivity contribution is 6.09. The van der Waals surface area contributed by atoms with Crippen LogP contribution in [0.4, 0.5) is 5.69 Å². The molecule has 1 amide bonds. The molecule has 0 aliphatic rings. The number of aryl methyl sites for hydroxylation is 2. The molecule has 1 heterocycles. The molecular weight excluding hydrogens is 374 g/mol. The zero-order chi connectivity index (χ0) is 21.7. The topological polar surface area (TPSA) is 67.0 Å². The largest absolute Gasteiger partial charge is 0.494 e. The maximum absolute atomic E-state index is 12.7. The number of benzene rings is 2. The summed E-state index contributed by atoms with van der Waals surface area (Å²) >= 11 is 0. The molecule has 0 fully saturated rings. The third kappa shape index (κ3) is 4.61. The zero-order valence-electron chi connectivity index (χ0n) is 17.7. The Kier molecular flexibility index (Phi) is 6.38. The molecule has 5 nitrogen and oxygen atoms in total. The van der Waals surface area contributed by atoms with Crippen LogP contribution < -0.4 is 10.1 Å². The lowest BCUT2D eigenvalue weighted by atomic mass is 10.1. The van der Waals surface area contributed by atoms with E-state index in [9.17, 15) is 10.1 Å². The normalized spacial score (nSPS) is 11.1. The molecule has 3 rings (SSSR count). The molecule has 0 aliphatic heterocycles. The fourth-order valence-corrected chi connectivity index (χ4v) is 3.43. The Labute approximate surface area is 177 Å². The highest BCUT2D eigenvalue weighted by Crippen LogP contribution is 2.24. The van der Waals surface area contributed by atoms with Crippen molar-refractivity contribution in [1.29, 1.82) is 5.26 Å². The maximum atomic E-state index is 12.7. The number of rotatable bonds is 6. The number of aromatic nitrogens is 1. The fraction of sp³-hybridized carbons (Fsp3) is 0.200. The lowest BCUT2D eigenvalue weighted by Crippen LogP contribution is -2.13. The zero-order valence-corrected chi connectivity index (χ0v) is 17.7. The SMILES string of the molecule is CCOc1cccc(NC(=O)/C(C#N)=C/c2cc(C)n(-c3cccc(C)c3)c2C)c1. The molecule has 5 heteroatoms. The lowest BCUT2D eigenvalue weighted by Gasteiger charge is -2.10. The average molecular weight is 399 g/mol. The standard InChI is InChI=1S/C25H25N3O2/c1-5-30-24-11-7-9-22(15-24)27-25(29)21(16-26)14-20-13-18(3)28(19(20)4)23-10-6-8-17(2)12-23/h6-15H,5H2,1-4H3,(H,27,29)/b21-14+. The third-order valence-corrected chi connectivity index (χ3v) is 4.80. The van der Waals surface area contributed by atoms with Gasteiger partial charge in [-0.3, -0.25) is 4.79 Å². The summed E-state index contributed by atoms with van der Waals surface area (Å²) < 4.78 is 7.58. The summed E-state index contributed by atoms with van der Waals surface area (Å²) in [5, 5.41) is 12.4. The minimum Gasteiger partial charge on any atom is -0.494 e. The maximum Gasteiger partial charge on any atom is 0.266 e. The summed E-state index contributed by atoms with van der Waals surface area (Å²) in [6, 6.07) is 19.3. The van der Waals surface area contributed by atoms with Crippen LogP contribution >= 0.6 is 0 Å². The van der Waals surface area contributed by atoms with Gasteiger partial charge in [0.05, 0.1) is 6.61 Å². The highest BCUT2D eigenvalue weighted by atomic mass is 16.5. The molecule has 0 atom stereocenters. The number of ether oxygens (including phenoxy) is 1. The quantitative estimate of drug-likeness (QED) is 0.449. The molecule has 1 N–H and O–H groups in total. The monoisotopic (exact) mass is 399 g/mol. The van der Waals surface area contributed by atoms with Gasteiger partial charge in [-0.05, 0) is 75.2 Å². The van der Waals surface area contributed by atoms with Gasteiger partial charge in [0.15, 0.2) is 0 Å². The molecule has 152 valence electrons. The summed E-state index contributed by atoms with van der Waals surface area (Å²) in [6.07, 6.45) is 1.64. The van der Waals surface area contributed by atoms with Crippen LogP contribution in [0.3, 0.4) is 0 Å². The molecule has 2 aromatic carbocycles. The molecule has 0 radical (unpaired) electrons. The van der Waals surface area contributed by atoms with Crippen LogP contribution in [0.2, 0.25) is 0 Å². The molecule has 0 aliphatic carbocycles. The van der Waals surface area contributed by atoms with Crippen LogP contribution in [0.25, 0.3) is 11.8 Å². The second-order valence-electron chi connectivity index (χ2n) is 7.09. The van der Waals surface area contributed by atoms with Gasteiger partial charge in [0.25, 0.3) is 5.91 Å². The minimum absolute atomic E-state index is 0.0429. The van der Waals surface area contributed by atoms with Crippen molar-refractivity contribution >= 4 is 17.7 Å². The van der Waals surface area contributed by atoms with E-state index in [1.807, 2.05) is 51.1 Å². The molecule has 0 saturated heterocycles. The first-order chi connectivity index (χ1) is 14.4. The second kappa shape index (κ2) is 9.15. The van der Waals surface area contributed by atoms with Gasteiger partial charge < -0.3 is 14.6 Å². The summed E-state index contributed by atoms with van der Waals surface area (Å²) in [5.74, 6) is 0.214. The highest BCUT2D eigenvalue weighted by Gasteiger charge is 2.14. The van der Waals surface area contributed by atoms with Crippen molar-refractivity contribution in [1.82, 2.24) is 4.57 Å². The molecule has 0 saturated carbocycles. The van der Waals surface area contributed by atoms with Crippen LogP contribution in [0, 0.1) is 32.1 Å². The van der Waals surface area contributed by atoms with Crippen molar-refractivity contribution in [3.05, 3.63) is 82.7 Å². The van der Waals surface area contributed by atoms with E-state index in [0.717, 1.165) is 22.6 Å². The number of carbonyl (C=O) groups excluding carboxylic acids is 1. The van der Waals surface area contributed by atoms with Gasteiger partial charge in [-0.25, -0.2) is 0 Å². The van der Waals surface area contributed by atoms with Crippen LogP contribution in [0.1, 0.15) is 29.4 Å². The molecule has 0 spiro atoms. The van der Waals surface area contributed by atoms with Gasteiger partial charge in [0, 0.05) is 28.8 Å². The third-order valence-electron chi connectivity index (χ3n) is 4.80. The number of carbonyl (C=O) groups is 1. The Hall–Kier alpha value is -3.78. The van der Waals surface area contributed by atoms with E-state index in [1.54, 1.807) is 24.3 Å². The number of anilines is 1. The summed E-state index contributed by atoms with van der Waals surface area (Å²) in [4.78, 5) is 12.7.